The van der Waals surface area contributed by atoms with Gasteiger partial charge in [-0.1, -0.05) is 29.3 Å². The highest BCUT2D eigenvalue weighted by atomic mass is 79.9. The summed E-state index contributed by atoms with van der Waals surface area (Å²) < 4.78 is 1.03. The first kappa shape index (κ1) is 13.6. The van der Waals surface area contributed by atoms with Crippen molar-refractivity contribution in [3.63, 3.8) is 0 Å². The van der Waals surface area contributed by atoms with Gasteiger partial charge in [0.1, 0.15) is 0 Å². The van der Waals surface area contributed by atoms with Gasteiger partial charge in [0.25, 0.3) is 0 Å². The Kier molecular flexibility index (Phi) is 4.84. The lowest BCUT2D eigenvalue weighted by molar-refractivity contribution is 1.16. The van der Waals surface area contributed by atoms with Crippen LogP contribution in [0.1, 0.15) is 22.4 Å². The summed E-state index contributed by atoms with van der Waals surface area (Å²) in [6.45, 7) is 4.30. The second kappa shape index (κ2) is 6.39. The van der Waals surface area contributed by atoms with Gasteiger partial charge in [0.15, 0.2) is 0 Å². The molecule has 0 aliphatic carbocycles. The lowest BCUT2D eigenvalue weighted by Crippen LogP contribution is -1.88. The van der Waals surface area contributed by atoms with Gasteiger partial charge in [0.2, 0.25) is 0 Å². The average Bonchev–Trinajstić information content (AvgIpc) is 2.30. The molecule has 0 saturated carbocycles. The van der Waals surface area contributed by atoms with Crippen LogP contribution in [-0.2, 0) is 11.5 Å². The van der Waals surface area contributed by atoms with Crippen molar-refractivity contribution in [2.75, 3.05) is 0 Å². The molecule has 94 valence electrons. The number of benzene rings is 1. The Hall–Kier alpha value is -0.800. The number of hydrogen-bond donors (Lipinski definition) is 0. The SMILES string of the molecule is Cc1cc(C)cc(CSCc2ccc(Br)cn2)c1. The van der Waals surface area contributed by atoms with Crippen molar-refractivity contribution in [3.05, 3.63) is 63.4 Å². The summed E-state index contributed by atoms with van der Waals surface area (Å²) in [6.07, 6.45) is 1.85. The maximum Gasteiger partial charge on any atom is 0.0503 e. The molecule has 0 aliphatic rings. The average molecular weight is 322 g/mol. The van der Waals surface area contributed by atoms with E-state index in [2.05, 4.69) is 59.0 Å². The Morgan fingerprint density at radius 2 is 1.78 bits per heavy atom. The van der Waals surface area contributed by atoms with Gasteiger partial charge in [-0.2, -0.15) is 11.8 Å². The van der Waals surface area contributed by atoms with Gasteiger partial charge >= 0.3 is 0 Å². The summed E-state index contributed by atoms with van der Waals surface area (Å²) in [5, 5.41) is 0. The third-order valence-electron chi connectivity index (χ3n) is 2.59. The molecule has 0 aliphatic heterocycles. The Bertz CT molecular complexity index is 502. The zero-order valence-electron chi connectivity index (χ0n) is 10.6. The van der Waals surface area contributed by atoms with Gasteiger partial charge in [-0.3, -0.25) is 4.98 Å². The zero-order chi connectivity index (χ0) is 13.0. The van der Waals surface area contributed by atoms with Crippen molar-refractivity contribution in [2.24, 2.45) is 0 Å². The van der Waals surface area contributed by atoms with Crippen LogP contribution in [0.15, 0.2) is 41.0 Å². The fourth-order valence-electron chi connectivity index (χ4n) is 1.92. The maximum absolute atomic E-state index is 4.38. The van der Waals surface area contributed by atoms with E-state index in [1.165, 1.54) is 16.7 Å². The van der Waals surface area contributed by atoms with Crippen molar-refractivity contribution < 1.29 is 0 Å². The van der Waals surface area contributed by atoms with Crippen LogP contribution in [0.4, 0.5) is 0 Å². The minimum Gasteiger partial charge on any atom is -0.259 e. The van der Waals surface area contributed by atoms with E-state index < -0.39 is 0 Å². The number of halogens is 1. The zero-order valence-corrected chi connectivity index (χ0v) is 13.0. The molecule has 0 unspecified atom stereocenters. The largest absolute Gasteiger partial charge is 0.259 e. The fourth-order valence-corrected chi connectivity index (χ4v) is 3.04. The Labute approximate surface area is 121 Å². The normalized spacial score (nSPS) is 10.6. The molecule has 0 amide bonds. The number of pyridine rings is 1. The van der Waals surface area contributed by atoms with E-state index in [1.54, 1.807) is 0 Å². The molecule has 18 heavy (non-hydrogen) atoms. The van der Waals surface area contributed by atoms with Crippen LogP contribution in [0.5, 0.6) is 0 Å². The summed E-state index contributed by atoms with van der Waals surface area (Å²) in [4.78, 5) is 4.38. The molecule has 2 rings (SSSR count). The lowest BCUT2D eigenvalue weighted by atomic mass is 10.1. The van der Waals surface area contributed by atoms with Crippen molar-refractivity contribution >= 4 is 27.7 Å². The smallest absolute Gasteiger partial charge is 0.0503 e. The third kappa shape index (κ3) is 4.14. The van der Waals surface area contributed by atoms with E-state index in [1.807, 2.05) is 24.0 Å². The Balaban J connectivity index is 1.90. The maximum atomic E-state index is 4.38. The van der Waals surface area contributed by atoms with Gasteiger partial charge in [-0.15, -0.1) is 0 Å². The summed E-state index contributed by atoms with van der Waals surface area (Å²) in [5.41, 5.74) is 5.21. The second-order valence-corrected chi connectivity index (χ2v) is 6.36. The Morgan fingerprint density at radius 3 is 2.39 bits per heavy atom. The van der Waals surface area contributed by atoms with E-state index in [-0.39, 0.29) is 0 Å². The predicted octanol–water partition coefficient (Wildman–Crippen LogP) is 4.89. The monoisotopic (exact) mass is 321 g/mol. The summed E-state index contributed by atoms with van der Waals surface area (Å²) in [6, 6.07) is 10.8. The highest BCUT2D eigenvalue weighted by molar-refractivity contribution is 9.10. The number of aryl methyl sites for hydroxylation is 2. The molecule has 0 atom stereocenters. The molecule has 3 heteroatoms. The topological polar surface area (TPSA) is 12.9 Å². The molecule has 1 aromatic heterocycles. The number of hydrogen-bond acceptors (Lipinski definition) is 2. The fraction of sp³-hybridized carbons (Fsp3) is 0.267. The lowest BCUT2D eigenvalue weighted by Gasteiger charge is -2.05. The molecule has 1 heterocycles. The highest BCUT2D eigenvalue weighted by Gasteiger charge is 1.99. The van der Waals surface area contributed by atoms with Crippen LogP contribution < -0.4 is 0 Å². The summed E-state index contributed by atoms with van der Waals surface area (Å²) in [5.74, 6) is 2.00. The van der Waals surface area contributed by atoms with Crippen molar-refractivity contribution in [1.82, 2.24) is 4.98 Å². The highest BCUT2D eigenvalue weighted by Crippen LogP contribution is 2.19. The van der Waals surface area contributed by atoms with Crippen LogP contribution in [0.3, 0.4) is 0 Å². The molecular weight excluding hydrogens is 306 g/mol. The molecule has 1 aromatic carbocycles. The summed E-state index contributed by atoms with van der Waals surface area (Å²) >= 11 is 5.30. The van der Waals surface area contributed by atoms with Crippen LogP contribution in [0, 0.1) is 13.8 Å². The van der Waals surface area contributed by atoms with Gasteiger partial charge in [-0.25, -0.2) is 0 Å². The van der Waals surface area contributed by atoms with Crippen LogP contribution in [0.25, 0.3) is 0 Å². The quantitative estimate of drug-likeness (QED) is 0.794. The standard InChI is InChI=1S/C15H16BrNS/c1-11-5-12(2)7-13(6-11)9-18-10-15-4-3-14(16)8-17-15/h3-8H,9-10H2,1-2H3. The molecule has 0 saturated heterocycles. The first-order valence-electron chi connectivity index (χ1n) is 5.89. The van der Waals surface area contributed by atoms with E-state index in [4.69, 9.17) is 0 Å². The van der Waals surface area contributed by atoms with E-state index >= 15 is 0 Å². The Morgan fingerprint density at radius 1 is 1.06 bits per heavy atom. The number of rotatable bonds is 4. The third-order valence-corrected chi connectivity index (χ3v) is 4.10. The van der Waals surface area contributed by atoms with Gasteiger partial charge in [0, 0.05) is 22.2 Å². The van der Waals surface area contributed by atoms with Crippen LogP contribution in [-0.4, -0.2) is 4.98 Å². The summed E-state index contributed by atoms with van der Waals surface area (Å²) in [7, 11) is 0. The predicted molar refractivity (Wildman–Crippen MR) is 82.9 cm³/mol. The van der Waals surface area contributed by atoms with Crippen LogP contribution in [0.2, 0.25) is 0 Å². The van der Waals surface area contributed by atoms with E-state index in [9.17, 15) is 0 Å². The molecule has 0 radical (unpaired) electrons. The van der Waals surface area contributed by atoms with E-state index in [0.717, 1.165) is 21.7 Å². The molecule has 2 aromatic rings. The number of aromatic nitrogens is 1. The van der Waals surface area contributed by atoms with Crippen molar-refractivity contribution in [3.8, 4) is 0 Å². The molecule has 0 bridgehead atoms. The molecule has 0 spiro atoms. The number of nitrogens with zero attached hydrogens (tertiary/aromatic N) is 1. The first-order valence-corrected chi connectivity index (χ1v) is 7.83. The molecule has 0 fully saturated rings. The minimum atomic E-state index is 0.959. The number of thioether (sulfide) groups is 1. The second-order valence-electron chi connectivity index (χ2n) is 4.46. The van der Waals surface area contributed by atoms with Gasteiger partial charge in [-0.05, 0) is 47.5 Å². The minimum absolute atomic E-state index is 0.959. The van der Waals surface area contributed by atoms with Crippen LogP contribution >= 0.6 is 27.7 Å². The molecule has 1 nitrogen and oxygen atoms in total. The van der Waals surface area contributed by atoms with Crippen molar-refractivity contribution in [1.29, 1.82) is 0 Å². The molecule has 0 N–H and O–H groups in total. The van der Waals surface area contributed by atoms with Gasteiger partial charge in [0.05, 0.1) is 5.69 Å². The first-order chi connectivity index (χ1) is 8.63. The van der Waals surface area contributed by atoms with E-state index in [0.29, 0.717) is 0 Å². The van der Waals surface area contributed by atoms with Crippen molar-refractivity contribution in [2.45, 2.75) is 25.4 Å². The van der Waals surface area contributed by atoms with Gasteiger partial charge < -0.3 is 0 Å². The molecular formula is C15H16BrNS.